The first-order chi connectivity index (χ1) is 5.24. The van der Waals surface area contributed by atoms with Gasteiger partial charge in [-0.15, -0.1) is 0 Å². The lowest BCUT2D eigenvalue weighted by Gasteiger charge is -2.11. The maximum Gasteiger partial charge on any atom is 0.231 e. The van der Waals surface area contributed by atoms with Gasteiger partial charge in [-0.05, 0) is 24.5 Å². The van der Waals surface area contributed by atoms with Gasteiger partial charge in [0.05, 0.1) is 0 Å². The molecule has 1 unspecified atom stereocenters. The van der Waals surface area contributed by atoms with Crippen LogP contribution in [0.5, 0.6) is 0 Å². The molecule has 0 saturated heterocycles. The second kappa shape index (κ2) is 3.27. The van der Waals surface area contributed by atoms with Crippen molar-refractivity contribution in [1.29, 1.82) is 0 Å². The maximum atomic E-state index is 10.3. The van der Waals surface area contributed by atoms with Crippen LogP contribution in [0.4, 0.5) is 0 Å². The highest BCUT2D eigenvalue weighted by molar-refractivity contribution is 5.73. The molecule has 4 nitrogen and oxygen atoms in total. The number of allylic oxidation sites excluding steroid dienone is 1. The summed E-state index contributed by atoms with van der Waals surface area (Å²) >= 11 is 0. The van der Waals surface area contributed by atoms with E-state index in [1.807, 2.05) is 0 Å². The van der Waals surface area contributed by atoms with Gasteiger partial charge < -0.3 is 0 Å². The van der Waals surface area contributed by atoms with E-state index in [0.717, 1.165) is 6.42 Å². The van der Waals surface area contributed by atoms with Gasteiger partial charge in [0.2, 0.25) is 6.04 Å². The van der Waals surface area contributed by atoms with Crippen molar-refractivity contribution in [2.45, 2.75) is 25.3 Å². The summed E-state index contributed by atoms with van der Waals surface area (Å²) in [6.07, 6.45) is 4.15. The molecule has 4 heteroatoms. The third-order valence-corrected chi connectivity index (χ3v) is 1.79. The predicted molar refractivity (Wildman–Crippen MR) is 38.8 cm³/mol. The Morgan fingerprint density at radius 1 is 1.73 bits per heavy atom. The second-order valence-corrected chi connectivity index (χ2v) is 2.60. The van der Waals surface area contributed by atoms with Crippen molar-refractivity contribution in [2.24, 2.45) is 0 Å². The highest BCUT2D eigenvalue weighted by Crippen LogP contribution is 2.17. The Balaban J connectivity index is 2.70. The Morgan fingerprint density at radius 2 is 2.45 bits per heavy atom. The number of carbonyl (C=O) groups is 1. The maximum absolute atomic E-state index is 10.3. The van der Waals surface area contributed by atoms with Crippen molar-refractivity contribution in [3.05, 3.63) is 21.8 Å². The van der Waals surface area contributed by atoms with Crippen LogP contribution in [-0.2, 0) is 4.79 Å². The van der Waals surface area contributed by atoms with Gasteiger partial charge in [-0.3, -0.25) is 14.9 Å². The fourth-order valence-corrected chi connectivity index (χ4v) is 1.19. The fourth-order valence-electron chi connectivity index (χ4n) is 1.19. The van der Waals surface area contributed by atoms with E-state index in [0.29, 0.717) is 24.7 Å². The van der Waals surface area contributed by atoms with Crippen LogP contribution in [0.25, 0.3) is 0 Å². The van der Waals surface area contributed by atoms with Crippen molar-refractivity contribution < 1.29 is 9.72 Å². The number of nitro groups is 1. The molecule has 1 atom stereocenters. The number of hydrogen-bond donors (Lipinski definition) is 0. The molecule has 0 aromatic heterocycles. The number of aldehydes is 1. The molecule has 0 amide bonds. The topological polar surface area (TPSA) is 60.2 Å². The Kier molecular flexibility index (Phi) is 2.36. The van der Waals surface area contributed by atoms with Gasteiger partial charge in [-0.25, -0.2) is 0 Å². The van der Waals surface area contributed by atoms with Crippen molar-refractivity contribution >= 4 is 6.29 Å². The highest BCUT2D eigenvalue weighted by Gasteiger charge is 2.21. The average Bonchev–Trinajstić information content (AvgIpc) is 2.05. The number of rotatable bonds is 2. The lowest BCUT2D eigenvalue weighted by Crippen LogP contribution is -2.20. The molecule has 1 aliphatic carbocycles. The van der Waals surface area contributed by atoms with E-state index in [1.165, 1.54) is 6.08 Å². The van der Waals surface area contributed by atoms with Gasteiger partial charge in [-0.2, -0.15) is 0 Å². The summed E-state index contributed by atoms with van der Waals surface area (Å²) in [7, 11) is 0. The monoisotopic (exact) mass is 155 g/mol. The van der Waals surface area contributed by atoms with Crippen LogP contribution < -0.4 is 0 Å². The first kappa shape index (κ1) is 7.91. The van der Waals surface area contributed by atoms with Crippen LogP contribution in [0, 0.1) is 10.1 Å². The van der Waals surface area contributed by atoms with Crippen LogP contribution in [0.2, 0.25) is 0 Å². The van der Waals surface area contributed by atoms with Gasteiger partial charge in [0, 0.05) is 11.3 Å². The molecule has 0 aromatic rings. The van der Waals surface area contributed by atoms with Gasteiger partial charge in [0.25, 0.3) is 0 Å². The van der Waals surface area contributed by atoms with E-state index in [2.05, 4.69) is 0 Å². The Hall–Kier alpha value is -1.19. The molecular weight excluding hydrogens is 146 g/mol. The predicted octanol–water partition coefficient (Wildman–Crippen LogP) is 0.941. The first-order valence-electron chi connectivity index (χ1n) is 3.53. The standard InChI is InChI=1S/C7H9NO3/c9-5-6-2-1-3-7(4-6)8(10)11/h4-5,7H,1-3H2. The highest BCUT2D eigenvalue weighted by atomic mass is 16.6. The lowest BCUT2D eigenvalue weighted by molar-refractivity contribution is -0.510. The van der Waals surface area contributed by atoms with E-state index in [4.69, 9.17) is 0 Å². The van der Waals surface area contributed by atoms with Crippen molar-refractivity contribution in [1.82, 2.24) is 0 Å². The minimum atomic E-state index is -0.635. The molecule has 0 fully saturated rings. The van der Waals surface area contributed by atoms with Crippen molar-refractivity contribution in [3.63, 3.8) is 0 Å². The molecule has 11 heavy (non-hydrogen) atoms. The summed E-state index contributed by atoms with van der Waals surface area (Å²) in [5.74, 6) is 0. The second-order valence-electron chi connectivity index (χ2n) is 2.60. The molecule has 0 aliphatic heterocycles. The molecule has 1 rings (SSSR count). The van der Waals surface area contributed by atoms with E-state index in [-0.39, 0.29) is 4.92 Å². The molecule has 0 saturated carbocycles. The Morgan fingerprint density at radius 3 is 3.00 bits per heavy atom. The number of nitrogens with zero attached hydrogens (tertiary/aromatic N) is 1. The summed E-state index contributed by atoms with van der Waals surface area (Å²) in [4.78, 5) is 20.2. The van der Waals surface area contributed by atoms with Crippen LogP contribution in [0.1, 0.15) is 19.3 Å². The molecule has 0 N–H and O–H groups in total. The summed E-state index contributed by atoms with van der Waals surface area (Å²) in [6, 6.07) is -0.635. The third kappa shape index (κ3) is 1.86. The smallest absolute Gasteiger partial charge is 0.231 e. The van der Waals surface area contributed by atoms with E-state index >= 15 is 0 Å². The molecule has 1 aliphatic rings. The molecule has 0 spiro atoms. The normalized spacial score (nSPS) is 24.0. The molecule has 0 heterocycles. The number of carbonyl (C=O) groups excluding carboxylic acids is 1. The summed E-state index contributed by atoms with van der Waals surface area (Å²) in [5, 5.41) is 10.3. The van der Waals surface area contributed by atoms with E-state index < -0.39 is 6.04 Å². The minimum absolute atomic E-state index is 0.345. The summed E-state index contributed by atoms with van der Waals surface area (Å²) in [5.41, 5.74) is 0.568. The van der Waals surface area contributed by atoms with E-state index in [1.54, 1.807) is 0 Å². The first-order valence-corrected chi connectivity index (χ1v) is 3.53. The zero-order valence-electron chi connectivity index (χ0n) is 6.03. The van der Waals surface area contributed by atoms with Gasteiger partial charge in [-0.1, -0.05) is 0 Å². The van der Waals surface area contributed by atoms with Gasteiger partial charge >= 0.3 is 0 Å². The largest absolute Gasteiger partial charge is 0.298 e. The Bertz CT molecular complexity index is 210. The zero-order chi connectivity index (χ0) is 8.27. The van der Waals surface area contributed by atoms with Gasteiger partial charge in [0.15, 0.2) is 0 Å². The Labute approximate surface area is 64.0 Å². The number of hydrogen-bond acceptors (Lipinski definition) is 3. The minimum Gasteiger partial charge on any atom is -0.298 e. The van der Waals surface area contributed by atoms with Crippen LogP contribution in [0.15, 0.2) is 11.6 Å². The molecule has 0 bridgehead atoms. The van der Waals surface area contributed by atoms with E-state index in [9.17, 15) is 14.9 Å². The van der Waals surface area contributed by atoms with Crippen LogP contribution >= 0.6 is 0 Å². The average molecular weight is 155 g/mol. The lowest BCUT2D eigenvalue weighted by atomic mass is 9.97. The quantitative estimate of drug-likeness (QED) is 0.338. The van der Waals surface area contributed by atoms with Crippen LogP contribution in [0.3, 0.4) is 0 Å². The zero-order valence-corrected chi connectivity index (χ0v) is 6.03. The summed E-state index contributed by atoms with van der Waals surface area (Å²) < 4.78 is 0. The SMILES string of the molecule is O=CC1=CC([N+](=O)[O-])CCC1. The summed E-state index contributed by atoms with van der Waals surface area (Å²) in [6.45, 7) is 0. The third-order valence-electron chi connectivity index (χ3n) is 1.79. The van der Waals surface area contributed by atoms with Crippen LogP contribution in [-0.4, -0.2) is 17.3 Å². The molecule has 60 valence electrons. The molecule has 0 radical (unpaired) electrons. The van der Waals surface area contributed by atoms with Gasteiger partial charge in [0.1, 0.15) is 6.29 Å². The molecular formula is C7H9NO3. The van der Waals surface area contributed by atoms with Crippen molar-refractivity contribution in [3.8, 4) is 0 Å². The van der Waals surface area contributed by atoms with Crippen molar-refractivity contribution in [2.75, 3.05) is 0 Å². The molecule has 0 aromatic carbocycles. The fraction of sp³-hybridized carbons (Fsp3) is 0.571.